The quantitative estimate of drug-likeness (QED) is 0.348. The van der Waals surface area contributed by atoms with Gasteiger partial charge in [0, 0.05) is 23.6 Å². The molecule has 1 aliphatic carbocycles. The molecular weight excluding hydrogens is 124 g/mol. The van der Waals surface area contributed by atoms with E-state index in [0.29, 0.717) is 0 Å². The van der Waals surface area contributed by atoms with Crippen molar-refractivity contribution >= 4 is 10.2 Å². The molecule has 0 saturated carbocycles. The van der Waals surface area contributed by atoms with Gasteiger partial charge in [0.2, 0.25) is 0 Å². The maximum atomic E-state index is 3.85. The Morgan fingerprint density at radius 1 is 1.56 bits per heavy atom. The van der Waals surface area contributed by atoms with Gasteiger partial charge in [-0.25, -0.2) is 0 Å². The number of rotatable bonds is 0. The van der Waals surface area contributed by atoms with Crippen LogP contribution in [-0.4, -0.2) is 10.2 Å². The molecule has 0 atom stereocenters. The third-order valence-electron chi connectivity index (χ3n) is 1.36. The number of hydrogen-bond acceptors (Lipinski definition) is 0. The van der Waals surface area contributed by atoms with Crippen LogP contribution >= 0.6 is 0 Å². The van der Waals surface area contributed by atoms with E-state index in [2.05, 4.69) is 29.5 Å². The minimum atomic E-state index is 0.942. The first-order valence-electron chi connectivity index (χ1n) is 2.84. The van der Waals surface area contributed by atoms with Crippen molar-refractivity contribution in [2.24, 2.45) is 0 Å². The van der Waals surface area contributed by atoms with E-state index in [-0.39, 0.29) is 0 Å². The van der Waals surface area contributed by atoms with Gasteiger partial charge < -0.3 is 0 Å². The molecule has 0 aromatic heterocycles. The molecule has 0 aromatic rings. The van der Waals surface area contributed by atoms with E-state index in [1.807, 2.05) is 6.08 Å². The van der Waals surface area contributed by atoms with E-state index in [1.54, 1.807) is 0 Å². The molecule has 0 heterocycles. The van der Waals surface area contributed by atoms with Gasteiger partial charge in [-0.15, -0.1) is 0 Å². The summed E-state index contributed by atoms with van der Waals surface area (Å²) >= 11 is 0. The molecule has 43 valence electrons. The predicted molar refractivity (Wildman–Crippen MR) is 41.0 cm³/mol. The SMILES string of the molecule is C=C1C=CCC(=C)[C+]1[Si]. The maximum Gasteiger partial charge on any atom is 0.156 e. The molecule has 0 aromatic carbocycles. The van der Waals surface area contributed by atoms with Crippen LogP contribution in [0.1, 0.15) is 6.42 Å². The molecule has 0 fully saturated rings. The molecule has 0 nitrogen and oxygen atoms in total. The molecule has 0 saturated heterocycles. The second-order valence-corrected chi connectivity index (χ2v) is 2.61. The molecule has 9 heavy (non-hydrogen) atoms. The van der Waals surface area contributed by atoms with Gasteiger partial charge in [0.05, 0.1) is 5.57 Å². The Morgan fingerprint density at radius 2 is 2.22 bits per heavy atom. The van der Waals surface area contributed by atoms with E-state index < -0.39 is 0 Å². The summed E-state index contributed by atoms with van der Waals surface area (Å²) in [4.78, 5) is 0. The summed E-state index contributed by atoms with van der Waals surface area (Å²) in [5.74, 6) is 0. The summed E-state index contributed by atoms with van der Waals surface area (Å²) in [6.45, 7) is 7.66. The summed E-state index contributed by atoms with van der Waals surface area (Å²) < 4.78 is 0. The minimum absolute atomic E-state index is 0.942. The smallest absolute Gasteiger partial charge is 0.0354 e. The van der Waals surface area contributed by atoms with E-state index in [4.69, 9.17) is 0 Å². The fourth-order valence-corrected chi connectivity index (χ4v) is 0.941. The average Bonchev–Trinajstić information content (AvgIpc) is 1.83. The summed E-state index contributed by atoms with van der Waals surface area (Å²) in [7, 11) is 3.43. The zero-order valence-electron chi connectivity index (χ0n) is 5.28. The zero-order valence-corrected chi connectivity index (χ0v) is 6.28. The molecule has 1 aliphatic rings. The Morgan fingerprint density at radius 3 is 2.67 bits per heavy atom. The largest absolute Gasteiger partial charge is 0.156 e. The van der Waals surface area contributed by atoms with E-state index >= 15 is 0 Å². The molecule has 0 spiro atoms. The zero-order chi connectivity index (χ0) is 6.85. The van der Waals surface area contributed by atoms with Gasteiger partial charge in [-0.1, -0.05) is 0 Å². The molecule has 0 aliphatic heterocycles. The third-order valence-corrected chi connectivity index (χ3v) is 2.03. The van der Waals surface area contributed by atoms with E-state index in [1.165, 1.54) is 0 Å². The van der Waals surface area contributed by atoms with E-state index in [0.717, 1.165) is 23.1 Å². The summed E-state index contributed by atoms with van der Waals surface area (Å²) in [5.41, 5.74) is 3.18. The van der Waals surface area contributed by atoms with Crippen molar-refractivity contribution < 1.29 is 0 Å². The fraction of sp³-hybridized carbons (Fsp3) is 0.125. The molecule has 3 radical (unpaired) electrons. The maximum absolute atomic E-state index is 3.85. The average molecular weight is 132 g/mol. The Hall–Kier alpha value is -0.693. The van der Waals surface area contributed by atoms with Gasteiger partial charge in [-0.05, 0) is 19.2 Å². The predicted octanol–water partition coefficient (Wildman–Crippen LogP) is 1.76. The highest BCUT2D eigenvalue weighted by atomic mass is 28.1. The van der Waals surface area contributed by atoms with Crippen LogP contribution in [0, 0.1) is 5.54 Å². The second-order valence-electron chi connectivity index (χ2n) is 2.11. The molecule has 0 unspecified atom stereocenters. The Labute approximate surface area is 59.4 Å². The lowest BCUT2D eigenvalue weighted by molar-refractivity contribution is 1.17. The first-order valence-corrected chi connectivity index (χ1v) is 3.34. The van der Waals surface area contributed by atoms with Gasteiger partial charge in [-0.3, -0.25) is 0 Å². The number of hydrogen-bond donors (Lipinski definition) is 0. The third kappa shape index (κ3) is 1.16. The Bertz CT molecular complexity index is 177. The lowest BCUT2D eigenvalue weighted by Gasteiger charge is -2.10. The molecule has 0 bridgehead atoms. The van der Waals surface area contributed by atoms with E-state index in [9.17, 15) is 0 Å². The van der Waals surface area contributed by atoms with Crippen molar-refractivity contribution in [3.05, 3.63) is 42.0 Å². The summed E-state index contributed by atoms with van der Waals surface area (Å²) in [5, 5.41) is 0. The molecule has 0 N–H and O–H groups in total. The van der Waals surface area contributed by atoms with Gasteiger partial charge in [-0.2, -0.15) is 0 Å². The van der Waals surface area contributed by atoms with Gasteiger partial charge in [0.25, 0.3) is 0 Å². The van der Waals surface area contributed by atoms with Crippen LogP contribution in [0.4, 0.5) is 0 Å². The fourth-order valence-electron chi connectivity index (χ4n) is 0.756. The van der Waals surface area contributed by atoms with Gasteiger partial charge in [0.1, 0.15) is 0 Å². The van der Waals surface area contributed by atoms with Crippen molar-refractivity contribution in [3.8, 4) is 0 Å². The Kier molecular flexibility index (Phi) is 1.62. The van der Waals surface area contributed by atoms with Crippen molar-refractivity contribution in [2.45, 2.75) is 6.42 Å². The normalized spacial score (nSPS) is 19.0. The first-order chi connectivity index (χ1) is 4.22. The van der Waals surface area contributed by atoms with Crippen LogP contribution in [0.3, 0.4) is 0 Å². The molecule has 1 rings (SSSR count). The summed E-state index contributed by atoms with van der Waals surface area (Å²) in [6.07, 6.45) is 5.00. The molecule has 1 heteroatoms. The topological polar surface area (TPSA) is 0 Å². The highest BCUT2D eigenvalue weighted by molar-refractivity contribution is 6.24. The number of allylic oxidation sites excluding steroid dienone is 4. The molecular formula is C8H8Si+. The standard InChI is InChI=1S/C8H8Si/c1-6-4-3-5-7(2)8(6)9/h3-4H,1-2,5H2/q+1. The van der Waals surface area contributed by atoms with Gasteiger partial charge >= 0.3 is 0 Å². The lowest BCUT2D eigenvalue weighted by atomic mass is 9.98. The monoisotopic (exact) mass is 132 g/mol. The van der Waals surface area contributed by atoms with Crippen LogP contribution in [0.25, 0.3) is 0 Å². The van der Waals surface area contributed by atoms with Crippen LogP contribution in [0.5, 0.6) is 0 Å². The van der Waals surface area contributed by atoms with Crippen LogP contribution in [-0.2, 0) is 0 Å². The van der Waals surface area contributed by atoms with Crippen LogP contribution in [0.15, 0.2) is 36.5 Å². The van der Waals surface area contributed by atoms with Crippen LogP contribution in [0.2, 0.25) is 0 Å². The second kappa shape index (κ2) is 2.27. The first kappa shape index (κ1) is 6.43. The Balaban J connectivity index is 2.81. The highest BCUT2D eigenvalue weighted by Gasteiger charge is 2.17. The summed E-state index contributed by atoms with van der Waals surface area (Å²) in [6, 6.07) is 0. The van der Waals surface area contributed by atoms with Crippen molar-refractivity contribution in [3.63, 3.8) is 0 Å². The van der Waals surface area contributed by atoms with Crippen LogP contribution < -0.4 is 0 Å². The minimum Gasteiger partial charge on any atom is -0.0354 e. The van der Waals surface area contributed by atoms with Crippen molar-refractivity contribution in [2.75, 3.05) is 0 Å². The van der Waals surface area contributed by atoms with Gasteiger partial charge in [0.15, 0.2) is 10.2 Å². The van der Waals surface area contributed by atoms with Crippen molar-refractivity contribution in [1.29, 1.82) is 0 Å². The lowest BCUT2D eigenvalue weighted by Crippen LogP contribution is -2.04. The van der Waals surface area contributed by atoms with Crippen molar-refractivity contribution in [1.82, 2.24) is 0 Å². The molecule has 0 amide bonds. The highest BCUT2D eigenvalue weighted by Crippen LogP contribution is 2.25.